The maximum atomic E-state index is 8.96. The standard InChI is InChI=1S/C10H9BrN4O/c11-9-3-1-8(2-4-9)10(14-16)5-15-7-12-6-13-15/h1-4,6-7,16H,5H2. The maximum absolute atomic E-state index is 8.96. The normalized spacial score (nSPS) is 11.7. The fourth-order valence-electron chi connectivity index (χ4n) is 1.29. The van der Waals surface area contributed by atoms with Gasteiger partial charge in [-0.2, -0.15) is 5.10 Å². The Morgan fingerprint density at radius 1 is 1.38 bits per heavy atom. The van der Waals surface area contributed by atoms with Crippen LogP contribution in [0.15, 0.2) is 46.5 Å². The third kappa shape index (κ3) is 2.46. The lowest BCUT2D eigenvalue weighted by Gasteiger charge is -2.04. The molecule has 1 N–H and O–H groups in total. The maximum Gasteiger partial charge on any atom is 0.137 e. The van der Waals surface area contributed by atoms with Crippen molar-refractivity contribution in [3.63, 3.8) is 0 Å². The van der Waals surface area contributed by atoms with E-state index < -0.39 is 0 Å². The first-order valence-corrected chi connectivity index (χ1v) is 5.38. The molecule has 0 aliphatic heterocycles. The number of benzene rings is 1. The van der Waals surface area contributed by atoms with Gasteiger partial charge in [-0.15, -0.1) is 0 Å². The van der Waals surface area contributed by atoms with Crippen molar-refractivity contribution in [2.45, 2.75) is 6.54 Å². The molecule has 2 aromatic rings. The van der Waals surface area contributed by atoms with Crippen LogP contribution in [0.1, 0.15) is 5.56 Å². The van der Waals surface area contributed by atoms with E-state index in [1.165, 1.54) is 6.33 Å². The summed E-state index contributed by atoms with van der Waals surface area (Å²) >= 11 is 3.35. The number of oxime groups is 1. The van der Waals surface area contributed by atoms with Crippen LogP contribution in [-0.4, -0.2) is 25.7 Å². The molecule has 82 valence electrons. The van der Waals surface area contributed by atoms with Crippen LogP contribution in [0.5, 0.6) is 0 Å². The topological polar surface area (TPSA) is 63.3 Å². The van der Waals surface area contributed by atoms with Gasteiger partial charge in [-0.05, 0) is 12.1 Å². The second kappa shape index (κ2) is 4.89. The fourth-order valence-corrected chi connectivity index (χ4v) is 1.56. The van der Waals surface area contributed by atoms with Gasteiger partial charge < -0.3 is 5.21 Å². The van der Waals surface area contributed by atoms with Crippen molar-refractivity contribution in [3.8, 4) is 0 Å². The summed E-state index contributed by atoms with van der Waals surface area (Å²) in [6.45, 7) is 0.387. The Morgan fingerprint density at radius 2 is 2.12 bits per heavy atom. The summed E-state index contributed by atoms with van der Waals surface area (Å²) < 4.78 is 2.58. The number of aromatic nitrogens is 3. The second-order valence-corrected chi connectivity index (χ2v) is 4.06. The Labute approximate surface area is 101 Å². The predicted octanol–water partition coefficient (Wildman–Crippen LogP) is 1.92. The molecule has 16 heavy (non-hydrogen) atoms. The fraction of sp³-hybridized carbons (Fsp3) is 0.100. The molecular weight excluding hydrogens is 272 g/mol. The summed E-state index contributed by atoms with van der Waals surface area (Å²) in [5, 5.41) is 16.2. The molecule has 2 rings (SSSR count). The van der Waals surface area contributed by atoms with E-state index >= 15 is 0 Å². The third-order valence-electron chi connectivity index (χ3n) is 2.08. The highest BCUT2D eigenvalue weighted by Crippen LogP contribution is 2.11. The smallest absolute Gasteiger partial charge is 0.137 e. The molecule has 0 bridgehead atoms. The van der Waals surface area contributed by atoms with Gasteiger partial charge in [0, 0.05) is 10.0 Å². The Bertz CT molecular complexity index is 478. The number of hydrogen-bond acceptors (Lipinski definition) is 4. The highest BCUT2D eigenvalue weighted by molar-refractivity contribution is 9.10. The molecule has 0 radical (unpaired) electrons. The summed E-state index contributed by atoms with van der Waals surface area (Å²) in [6.07, 6.45) is 3.01. The second-order valence-electron chi connectivity index (χ2n) is 3.15. The van der Waals surface area contributed by atoms with E-state index in [4.69, 9.17) is 5.21 Å². The van der Waals surface area contributed by atoms with Crippen LogP contribution in [0.4, 0.5) is 0 Å². The largest absolute Gasteiger partial charge is 0.411 e. The first kappa shape index (κ1) is 10.8. The average Bonchev–Trinajstić information content (AvgIpc) is 2.80. The van der Waals surface area contributed by atoms with Gasteiger partial charge in [-0.25, -0.2) is 9.67 Å². The molecule has 0 atom stereocenters. The number of nitrogens with zero attached hydrogens (tertiary/aromatic N) is 4. The summed E-state index contributed by atoms with van der Waals surface area (Å²) in [7, 11) is 0. The lowest BCUT2D eigenvalue weighted by atomic mass is 10.1. The van der Waals surface area contributed by atoms with Gasteiger partial charge in [0.15, 0.2) is 0 Å². The molecule has 5 nitrogen and oxygen atoms in total. The highest BCUT2D eigenvalue weighted by Gasteiger charge is 2.05. The summed E-state index contributed by atoms with van der Waals surface area (Å²) in [5.41, 5.74) is 1.39. The van der Waals surface area contributed by atoms with Crippen molar-refractivity contribution in [1.29, 1.82) is 0 Å². The van der Waals surface area contributed by atoms with E-state index in [0.717, 1.165) is 10.0 Å². The van der Waals surface area contributed by atoms with Gasteiger partial charge in [0.05, 0.1) is 6.54 Å². The third-order valence-corrected chi connectivity index (χ3v) is 2.61. The van der Waals surface area contributed by atoms with Crippen molar-refractivity contribution in [2.75, 3.05) is 0 Å². The number of hydrogen-bond donors (Lipinski definition) is 1. The Hall–Kier alpha value is -1.69. The Kier molecular flexibility index (Phi) is 3.31. The molecule has 1 aromatic heterocycles. The molecule has 6 heteroatoms. The minimum absolute atomic E-state index is 0.387. The molecule has 0 amide bonds. The molecule has 0 spiro atoms. The van der Waals surface area contributed by atoms with E-state index in [9.17, 15) is 0 Å². The van der Waals surface area contributed by atoms with Crippen LogP contribution in [0.25, 0.3) is 0 Å². The van der Waals surface area contributed by atoms with Crippen LogP contribution in [0.2, 0.25) is 0 Å². The molecule has 0 fully saturated rings. The van der Waals surface area contributed by atoms with E-state index in [1.807, 2.05) is 24.3 Å². The molecule has 0 saturated carbocycles. The summed E-state index contributed by atoms with van der Waals surface area (Å²) in [6, 6.07) is 7.52. The Morgan fingerprint density at radius 3 is 2.69 bits per heavy atom. The summed E-state index contributed by atoms with van der Waals surface area (Å²) in [4.78, 5) is 3.83. The minimum atomic E-state index is 0.387. The molecule has 1 aromatic carbocycles. The quantitative estimate of drug-likeness (QED) is 0.531. The molecule has 0 aliphatic rings. The molecule has 0 unspecified atom stereocenters. The van der Waals surface area contributed by atoms with Gasteiger partial charge in [0.1, 0.15) is 18.4 Å². The van der Waals surface area contributed by atoms with Crippen LogP contribution >= 0.6 is 15.9 Å². The van der Waals surface area contributed by atoms with Gasteiger partial charge >= 0.3 is 0 Å². The predicted molar refractivity (Wildman–Crippen MR) is 62.5 cm³/mol. The molecular formula is C10H9BrN4O. The molecule has 0 aliphatic carbocycles. The zero-order chi connectivity index (χ0) is 11.4. The first-order valence-electron chi connectivity index (χ1n) is 4.59. The zero-order valence-corrected chi connectivity index (χ0v) is 9.87. The van der Waals surface area contributed by atoms with Gasteiger partial charge in [-0.3, -0.25) is 0 Å². The van der Waals surface area contributed by atoms with Gasteiger partial charge in [0.25, 0.3) is 0 Å². The lowest BCUT2D eigenvalue weighted by molar-refractivity contribution is 0.317. The van der Waals surface area contributed by atoms with Crippen molar-refractivity contribution >= 4 is 21.6 Å². The Balaban J connectivity index is 2.20. The first-order chi connectivity index (χ1) is 7.79. The lowest BCUT2D eigenvalue weighted by Crippen LogP contribution is -2.12. The SMILES string of the molecule is ON=C(Cn1cncn1)c1ccc(Br)cc1. The van der Waals surface area contributed by atoms with Gasteiger partial charge in [-0.1, -0.05) is 33.2 Å². The van der Waals surface area contributed by atoms with Crippen molar-refractivity contribution < 1.29 is 5.21 Å². The number of halogens is 1. The van der Waals surface area contributed by atoms with E-state index in [2.05, 4.69) is 31.2 Å². The van der Waals surface area contributed by atoms with Crippen LogP contribution in [0, 0.1) is 0 Å². The van der Waals surface area contributed by atoms with E-state index in [0.29, 0.717) is 12.3 Å². The van der Waals surface area contributed by atoms with E-state index in [-0.39, 0.29) is 0 Å². The van der Waals surface area contributed by atoms with E-state index in [1.54, 1.807) is 11.0 Å². The average molecular weight is 281 g/mol. The van der Waals surface area contributed by atoms with Crippen LogP contribution in [-0.2, 0) is 6.54 Å². The van der Waals surface area contributed by atoms with Gasteiger partial charge in [0.2, 0.25) is 0 Å². The van der Waals surface area contributed by atoms with Crippen molar-refractivity contribution in [1.82, 2.24) is 14.8 Å². The zero-order valence-electron chi connectivity index (χ0n) is 8.29. The monoisotopic (exact) mass is 280 g/mol. The molecule has 1 heterocycles. The molecule has 0 saturated heterocycles. The highest BCUT2D eigenvalue weighted by atomic mass is 79.9. The van der Waals surface area contributed by atoms with Crippen LogP contribution < -0.4 is 0 Å². The van der Waals surface area contributed by atoms with Crippen molar-refractivity contribution in [3.05, 3.63) is 47.0 Å². The van der Waals surface area contributed by atoms with Crippen molar-refractivity contribution in [2.24, 2.45) is 5.16 Å². The summed E-state index contributed by atoms with van der Waals surface area (Å²) in [5.74, 6) is 0. The van der Waals surface area contributed by atoms with Crippen LogP contribution in [0.3, 0.4) is 0 Å². The number of rotatable bonds is 3. The minimum Gasteiger partial charge on any atom is -0.411 e.